The summed E-state index contributed by atoms with van der Waals surface area (Å²) in [6.45, 7) is 2.53. The van der Waals surface area contributed by atoms with Gasteiger partial charge in [0, 0.05) is 22.5 Å². The number of hydrogen-bond acceptors (Lipinski definition) is 3. The third-order valence-electron chi connectivity index (χ3n) is 3.94. The molecule has 0 spiro atoms. The van der Waals surface area contributed by atoms with Gasteiger partial charge in [0.15, 0.2) is 5.76 Å². The van der Waals surface area contributed by atoms with Crippen molar-refractivity contribution >= 4 is 28.5 Å². The van der Waals surface area contributed by atoms with E-state index in [1.54, 1.807) is 23.1 Å². The number of aliphatic hydroxyl groups is 1. The van der Waals surface area contributed by atoms with Gasteiger partial charge < -0.3 is 14.4 Å². The Morgan fingerprint density at radius 3 is 3.10 bits per heavy atom. The Labute approximate surface area is 121 Å². The van der Waals surface area contributed by atoms with Gasteiger partial charge in [-0.3, -0.25) is 4.79 Å². The SMILES string of the molecule is Cc1c(C(=O)N2CCC[C@H]2CO)oc2ccc(Cl)cc12. The van der Waals surface area contributed by atoms with Crippen LogP contribution in [-0.2, 0) is 0 Å². The summed E-state index contributed by atoms with van der Waals surface area (Å²) >= 11 is 5.98. The van der Waals surface area contributed by atoms with Gasteiger partial charge in [-0.1, -0.05) is 11.6 Å². The van der Waals surface area contributed by atoms with Gasteiger partial charge in [0.2, 0.25) is 0 Å². The summed E-state index contributed by atoms with van der Waals surface area (Å²) in [7, 11) is 0. The number of halogens is 1. The van der Waals surface area contributed by atoms with Crippen LogP contribution in [0.15, 0.2) is 22.6 Å². The highest BCUT2D eigenvalue weighted by atomic mass is 35.5. The number of nitrogens with zero attached hydrogens (tertiary/aromatic N) is 1. The lowest BCUT2D eigenvalue weighted by Gasteiger charge is -2.22. The Morgan fingerprint density at radius 1 is 1.55 bits per heavy atom. The lowest BCUT2D eigenvalue weighted by Crippen LogP contribution is -2.37. The molecule has 0 unspecified atom stereocenters. The number of hydrogen-bond donors (Lipinski definition) is 1. The molecule has 0 bridgehead atoms. The average Bonchev–Trinajstić information content (AvgIpc) is 3.03. The van der Waals surface area contributed by atoms with E-state index in [2.05, 4.69) is 0 Å². The van der Waals surface area contributed by atoms with Gasteiger partial charge in [0.25, 0.3) is 5.91 Å². The molecule has 106 valence electrons. The number of aryl methyl sites for hydroxylation is 1. The molecule has 2 heterocycles. The molecule has 1 fully saturated rings. The summed E-state index contributed by atoms with van der Waals surface area (Å²) in [6.07, 6.45) is 1.76. The molecule has 1 amide bonds. The zero-order chi connectivity index (χ0) is 14.3. The summed E-state index contributed by atoms with van der Waals surface area (Å²) in [4.78, 5) is 14.3. The Morgan fingerprint density at radius 2 is 2.35 bits per heavy atom. The molecular formula is C15H16ClNO3. The standard InChI is InChI=1S/C15H16ClNO3/c1-9-12-7-10(16)4-5-13(12)20-14(9)15(19)17-6-2-3-11(17)8-18/h4-5,7,11,18H,2-3,6,8H2,1H3/t11-/m0/s1. The van der Waals surface area contributed by atoms with E-state index in [9.17, 15) is 9.90 Å². The van der Waals surface area contributed by atoms with Crippen molar-refractivity contribution in [3.8, 4) is 0 Å². The van der Waals surface area contributed by atoms with Crippen LogP contribution in [0.4, 0.5) is 0 Å². The van der Waals surface area contributed by atoms with Crippen molar-refractivity contribution in [1.82, 2.24) is 4.90 Å². The first-order valence-electron chi connectivity index (χ1n) is 6.72. The second-order valence-corrected chi connectivity index (χ2v) is 5.61. The van der Waals surface area contributed by atoms with Crippen molar-refractivity contribution < 1.29 is 14.3 Å². The fourth-order valence-corrected chi connectivity index (χ4v) is 2.99. The molecule has 3 rings (SSSR count). The van der Waals surface area contributed by atoms with Crippen LogP contribution in [0.25, 0.3) is 11.0 Å². The molecule has 0 saturated carbocycles. The molecule has 2 aromatic rings. The van der Waals surface area contributed by atoms with Crippen molar-refractivity contribution in [3.05, 3.63) is 34.5 Å². The summed E-state index contributed by atoms with van der Waals surface area (Å²) in [5.41, 5.74) is 1.46. The molecule has 20 heavy (non-hydrogen) atoms. The summed E-state index contributed by atoms with van der Waals surface area (Å²) < 4.78 is 5.69. The van der Waals surface area contributed by atoms with Crippen LogP contribution in [0, 0.1) is 6.92 Å². The van der Waals surface area contributed by atoms with Crippen molar-refractivity contribution in [2.75, 3.05) is 13.2 Å². The molecule has 1 aliphatic rings. The monoisotopic (exact) mass is 293 g/mol. The Kier molecular flexibility index (Phi) is 3.44. The van der Waals surface area contributed by atoms with E-state index in [4.69, 9.17) is 16.0 Å². The van der Waals surface area contributed by atoms with Crippen LogP contribution in [0.2, 0.25) is 5.02 Å². The highest BCUT2D eigenvalue weighted by molar-refractivity contribution is 6.31. The van der Waals surface area contributed by atoms with Crippen molar-refractivity contribution in [1.29, 1.82) is 0 Å². The lowest BCUT2D eigenvalue weighted by atomic mass is 10.1. The maximum absolute atomic E-state index is 12.6. The van der Waals surface area contributed by atoms with Crippen LogP contribution in [0.3, 0.4) is 0 Å². The molecule has 0 aliphatic carbocycles. The van der Waals surface area contributed by atoms with E-state index in [1.807, 2.05) is 6.92 Å². The summed E-state index contributed by atoms with van der Waals surface area (Å²) in [6, 6.07) is 5.22. The molecule has 1 aromatic heterocycles. The summed E-state index contributed by atoms with van der Waals surface area (Å²) in [5, 5.41) is 10.8. The van der Waals surface area contributed by atoms with Gasteiger partial charge in [0.1, 0.15) is 5.58 Å². The molecular weight excluding hydrogens is 278 g/mol. The van der Waals surface area contributed by atoms with E-state index in [0.29, 0.717) is 22.9 Å². The largest absolute Gasteiger partial charge is 0.451 e. The van der Waals surface area contributed by atoms with E-state index in [1.165, 1.54) is 0 Å². The van der Waals surface area contributed by atoms with Gasteiger partial charge in [0.05, 0.1) is 12.6 Å². The molecule has 1 aliphatic heterocycles. The third kappa shape index (κ3) is 2.09. The Hall–Kier alpha value is -1.52. The topological polar surface area (TPSA) is 53.7 Å². The Balaban J connectivity index is 2.01. The van der Waals surface area contributed by atoms with E-state index < -0.39 is 0 Å². The lowest BCUT2D eigenvalue weighted by molar-refractivity contribution is 0.0647. The maximum atomic E-state index is 12.6. The Bertz CT molecular complexity index is 664. The molecule has 1 atom stereocenters. The van der Waals surface area contributed by atoms with Crippen molar-refractivity contribution in [3.63, 3.8) is 0 Å². The molecule has 1 N–H and O–H groups in total. The first-order chi connectivity index (χ1) is 9.61. The molecule has 1 saturated heterocycles. The number of furan rings is 1. The predicted molar refractivity (Wildman–Crippen MR) is 77.1 cm³/mol. The van der Waals surface area contributed by atoms with Gasteiger partial charge in [-0.2, -0.15) is 0 Å². The highest BCUT2D eigenvalue weighted by Crippen LogP contribution is 2.30. The van der Waals surface area contributed by atoms with E-state index >= 15 is 0 Å². The zero-order valence-electron chi connectivity index (χ0n) is 11.2. The van der Waals surface area contributed by atoms with E-state index in [0.717, 1.165) is 23.8 Å². The number of carbonyl (C=O) groups is 1. The highest BCUT2D eigenvalue weighted by Gasteiger charge is 2.31. The fraction of sp³-hybridized carbons (Fsp3) is 0.400. The smallest absolute Gasteiger partial charge is 0.290 e. The zero-order valence-corrected chi connectivity index (χ0v) is 12.0. The molecule has 5 heteroatoms. The van der Waals surface area contributed by atoms with Crippen molar-refractivity contribution in [2.24, 2.45) is 0 Å². The minimum absolute atomic E-state index is 0.00313. The van der Waals surface area contributed by atoms with Crippen LogP contribution < -0.4 is 0 Å². The second-order valence-electron chi connectivity index (χ2n) is 5.17. The number of aliphatic hydroxyl groups excluding tert-OH is 1. The van der Waals surface area contributed by atoms with Gasteiger partial charge in [-0.05, 0) is 38.0 Å². The van der Waals surface area contributed by atoms with Crippen LogP contribution in [0.5, 0.6) is 0 Å². The number of likely N-dealkylation sites (tertiary alicyclic amines) is 1. The molecule has 4 nitrogen and oxygen atoms in total. The predicted octanol–water partition coefficient (Wildman–Crippen LogP) is 2.99. The maximum Gasteiger partial charge on any atom is 0.290 e. The van der Waals surface area contributed by atoms with Crippen LogP contribution >= 0.6 is 11.6 Å². The van der Waals surface area contributed by atoms with Gasteiger partial charge in [-0.15, -0.1) is 0 Å². The number of fused-ring (bicyclic) bond motifs is 1. The third-order valence-corrected chi connectivity index (χ3v) is 4.18. The fourth-order valence-electron chi connectivity index (χ4n) is 2.82. The average molecular weight is 294 g/mol. The van der Waals surface area contributed by atoms with E-state index in [-0.39, 0.29) is 18.6 Å². The van der Waals surface area contributed by atoms with Crippen LogP contribution in [0.1, 0.15) is 29.0 Å². The molecule has 1 aromatic carbocycles. The first-order valence-corrected chi connectivity index (χ1v) is 7.10. The first kappa shape index (κ1) is 13.5. The minimum atomic E-state index is -0.147. The quantitative estimate of drug-likeness (QED) is 0.926. The van der Waals surface area contributed by atoms with Gasteiger partial charge in [-0.25, -0.2) is 0 Å². The van der Waals surface area contributed by atoms with Crippen LogP contribution in [-0.4, -0.2) is 35.1 Å². The van der Waals surface area contributed by atoms with Crippen molar-refractivity contribution in [2.45, 2.75) is 25.8 Å². The number of benzene rings is 1. The normalized spacial score (nSPS) is 18.9. The number of amides is 1. The molecule has 0 radical (unpaired) electrons. The van der Waals surface area contributed by atoms with Gasteiger partial charge >= 0.3 is 0 Å². The number of rotatable bonds is 2. The summed E-state index contributed by atoms with van der Waals surface area (Å²) in [5.74, 6) is 0.203. The number of carbonyl (C=O) groups excluding carboxylic acids is 1. The second kappa shape index (κ2) is 5.11. The minimum Gasteiger partial charge on any atom is -0.451 e.